The Labute approximate surface area is 170 Å². The maximum atomic E-state index is 12.3. The number of hydrogen-bond acceptors (Lipinski definition) is 4. The Balaban J connectivity index is 1.49. The average molecular weight is 437 g/mol. The second kappa shape index (κ2) is 7.82. The van der Waals surface area contributed by atoms with Gasteiger partial charge in [0.2, 0.25) is 0 Å². The molecule has 0 saturated heterocycles. The Morgan fingerprint density at radius 3 is 2.43 bits per heavy atom. The highest BCUT2D eigenvalue weighted by Crippen LogP contribution is 2.22. The molecule has 0 aliphatic rings. The minimum Gasteiger partial charge on any atom is -0.484 e. The summed E-state index contributed by atoms with van der Waals surface area (Å²) in [6, 6.07) is 20.8. The van der Waals surface area contributed by atoms with Crippen molar-refractivity contribution >= 4 is 38.6 Å². The first-order valence-corrected chi connectivity index (χ1v) is 9.49. The Morgan fingerprint density at radius 2 is 1.71 bits per heavy atom. The van der Waals surface area contributed by atoms with Crippen molar-refractivity contribution in [3.63, 3.8) is 0 Å². The molecule has 0 saturated carbocycles. The fourth-order valence-corrected chi connectivity index (χ4v) is 3.01. The van der Waals surface area contributed by atoms with E-state index in [0.29, 0.717) is 17.0 Å². The zero-order valence-electron chi connectivity index (χ0n) is 15.1. The second-order valence-corrected chi connectivity index (χ2v) is 7.19. The SMILES string of the molecule is Cc1cc2nn(-c3ccccc3)nc2cc1NC(=O)COc1ccc(Br)cc1. The normalized spacial score (nSPS) is 10.8. The van der Waals surface area contributed by atoms with Crippen molar-refractivity contribution in [2.24, 2.45) is 0 Å². The predicted octanol–water partition coefficient (Wildman–Crippen LogP) is 4.51. The summed E-state index contributed by atoms with van der Waals surface area (Å²) in [5, 5.41) is 11.9. The van der Waals surface area contributed by atoms with E-state index in [1.165, 1.54) is 0 Å². The highest BCUT2D eigenvalue weighted by Gasteiger charge is 2.11. The van der Waals surface area contributed by atoms with E-state index in [0.717, 1.165) is 21.2 Å². The number of amides is 1. The molecule has 0 unspecified atom stereocenters. The van der Waals surface area contributed by atoms with Crippen molar-refractivity contribution in [3.05, 3.63) is 76.8 Å². The standard InChI is InChI=1S/C21H17BrN4O2/c1-14-11-19-20(25-26(24-19)16-5-3-2-4-6-16)12-18(14)23-21(27)13-28-17-9-7-15(22)8-10-17/h2-12H,13H2,1H3,(H,23,27). The van der Waals surface area contributed by atoms with Gasteiger partial charge in [0.05, 0.1) is 5.69 Å². The summed E-state index contributed by atoms with van der Waals surface area (Å²) in [5.74, 6) is 0.400. The smallest absolute Gasteiger partial charge is 0.262 e. The van der Waals surface area contributed by atoms with Gasteiger partial charge in [0.1, 0.15) is 16.8 Å². The summed E-state index contributed by atoms with van der Waals surface area (Å²) >= 11 is 3.37. The molecule has 1 aromatic heterocycles. The summed E-state index contributed by atoms with van der Waals surface area (Å²) in [5.41, 5.74) is 3.95. The van der Waals surface area contributed by atoms with Gasteiger partial charge in [0.25, 0.3) is 5.91 Å². The van der Waals surface area contributed by atoms with Gasteiger partial charge in [-0.15, -0.1) is 10.2 Å². The van der Waals surface area contributed by atoms with Crippen LogP contribution in [0.5, 0.6) is 5.75 Å². The van der Waals surface area contributed by atoms with E-state index in [1.54, 1.807) is 16.9 Å². The topological polar surface area (TPSA) is 69.0 Å². The molecule has 0 aliphatic heterocycles. The number of fused-ring (bicyclic) bond motifs is 1. The Bertz CT molecular complexity index is 1120. The van der Waals surface area contributed by atoms with E-state index in [1.807, 2.05) is 61.5 Å². The molecule has 7 heteroatoms. The minimum atomic E-state index is -0.235. The number of carbonyl (C=O) groups is 1. The summed E-state index contributed by atoms with van der Waals surface area (Å²) in [6.07, 6.45) is 0. The second-order valence-electron chi connectivity index (χ2n) is 6.27. The van der Waals surface area contributed by atoms with E-state index in [4.69, 9.17) is 4.74 Å². The molecule has 1 N–H and O–H groups in total. The van der Waals surface area contributed by atoms with Crippen LogP contribution in [-0.2, 0) is 4.79 Å². The van der Waals surface area contributed by atoms with Gasteiger partial charge in [-0.05, 0) is 61.0 Å². The van der Waals surface area contributed by atoms with Crippen LogP contribution >= 0.6 is 15.9 Å². The molecule has 28 heavy (non-hydrogen) atoms. The quantitative estimate of drug-likeness (QED) is 0.499. The van der Waals surface area contributed by atoms with Gasteiger partial charge in [-0.1, -0.05) is 34.1 Å². The van der Waals surface area contributed by atoms with Crippen LogP contribution in [0.4, 0.5) is 5.69 Å². The number of carbonyl (C=O) groups excluding carboxylic acids is 1. The highest BCUT2D eigenvalue weighted by molar-refractivity contribution is 9.10. The molecule has 0 fully saturated rings. The molecule has 1 amide bonds. The molecule has 0 radical (unpaired) electrons. The van der Waals surface area contributed by atoms with Crippen LogP contribution in [0.25, 0.3) is 16.7 Å². The van der Waals surface area contributed by atoms with Crippen LogP contribution in [-0.4, -0.2) is 27.5 Å². The third-order valence-corrected chi connectivity index (χ3v) is 4.70. The number of para-hydroxylation sites is 1. The van der Waals surface area contributed by atoms with Crippen molar-refractivity contribution in [2.75, 3.05) is 11.9 Å². The van der Waals surface area contributed by atoms with Gasteiger partial charge < -0.3 is 10.1 Å². The van der Waals surface area contributed by atoms with Crippen molar-refractivity contribution in [1.29, 1.82) is 0 Å². The minimum absolute atomic E-state index is 0.0736. The number of hydrogen-bond donors (Lipinski definition) is 1. The van der Waals surface area contributed by atoms with Crippen LogP contribution in [0.1, 0.15) is 5.56 Å². The predicted molar refractivity (Wildman–Crippen MR) is 112 cm³/mol. The summed E-state index contributed by atoms with van der Waals surface area (Å²) in [4.78, 5) is 13.9. The van der Waals surface area contributed by atoms with Crippen LogP contribution < -0.4 is 10.1 Å². The molecule has 0 atom stereocenters. The number of nitrogens with one attached hydrogen (secondary N) is 1. The van der Waals surface area contributed by atoms with E-state index in [-0.39, 0.29) is 12.5 Å². The molecular weight excluding hydrogens is 420 g/mol. The fraction of sp³-hybridized carbons (Fsp3) is 0.0952. The fourth-order valence-electron chi connectivity index (χ4n) is 2.75. The zero-order chi connectivity index (χ0) is 19.5. The largest absolute Gasteiger partial charge is 0.484 e. The van der Waals surface area contributed by atoms with Gasteiger partial charge in [0, 0.05) is 10.2 Å². The highest BCUT2D eigenvalue weighted by atomic mass is 79.9. The van der Waals surface area contributed by atoms with Crippen LogP contribution in [0, 0.1) is 6.92 Å². The summed E-state index contributed by atoms with van der Waals surface area (Å²) < 4.78 is 6.47. The van der Waals surface area contributed by atoms with Crippen LogP contribution in [0.2, 0.25) is 0 Å². The number of aromatic nitrogens is 3. The third-order valence-electron chi connectivity index (χ3n) is 4.17. The molecule has 0 aliphatic carbocycles. The number of benzene rings is 3. The van der Waals surface area contributed by atoms with Crippen LogP contribution in [0.3, 0.4) is 0 Å². The first-order valence-electron chi connectivity index (χ1n) is 8.70. The molecule has 4 rings (SSSR count). The number of anilines is 1. The molecule has 6 nitrogen and oxygen atoms in total. The lowest BCUT2D eigenvalue weighted by Crippen LogP contribution is -2.20. The molecule has 140 valence electrons. The lowest BCUT2D eigenvalue weighted by molar-refractivity contribution is -0.118. The Kier molecular flexibility index (Phi) is 5.08. The van der Waals surface area contributed by atoms with Gasteiger partial charge in [-0.3, -0.25) is 4.79 Å². The lowest BCUT2D eigenvalue weighted by Gasteiger charge is -2.09. The number of rotatable bonds is 5. The van der Waals surface area contributed by atoms with Crippen molar-refractivity contribution in [3.8, 4) is 11.4 Å². The molecule has 4 aromatic rings. The third kappa shape index (κ3) is 4.04. The summed E-state index contributed by atoms with van der Waals surface area (Å²) in [7, 11) is 0. The van der Waals surface area contributed by atoms with Gasteiger partial charge in [-0.2, -0.15) is 4.80 Å². The van der Waals surface area contributed by atoms with Gasteiger partial charge >= 0.3 is 0 Å². The zero-order valence-corrected chi connectivity index (χ0v) is 16.7. The molecular formula is C21H17BrN4O2. The number of nitrogens with zero attached hydrogens (tertiary/aromatic N) is 3. The Morgan fingerprint density at radius 1 is 1.04 bits per heavy atom. The average Bonchev–Trinajstić information content (AvgIpc) is 3.11. The maximum Gasteiger partial charge on any atom is 0.262 e. The van der Waals surface area contributed by atoms with Crippen LogP contribution in [0.15, 0.2) is 71.2 Å². The molecule has 1 heterocycles. The number of aryl methyl sites for hydroxylation is 1. The van der Waals surface area contributed by atoms with E-state index >= 15 is 0 Å². The van der Waals surface area contributed by atoms with Crippen molar-refractivity contribution in [2.45, 2.75) is 6.92 Å². The first kappa shape index (κ1) is 18.2. The number of ether oxygens (including phenoxy) is 1. The molecule has 0 spiro atoms. The Hall–Kier alpha value is -3.19. The van der Waals surface area contributed by atoms with Gasteiger partial charge in [0.15, 0.2) is 6.61 Å². The monoisotopic (exact) mass is 436 g/mol. The number of halogens is 1. The van der Waals surface area contributed by atoms with Gasteiger partial charge in [-0.25, -0.2) is 0 Å². The van der Waals surface area contributed by atoms with E-state index in [2.05, 4.69) is 31.4 Å². The molecule has 0 bridgehead atoms. The van der Waals surface area contributed by atoms with Crippen molar-refractivity contribution < 1.29 is 9.53 Å². The molecule has 3 aromatic carbocycles. The maximum absolute atomic E-state index is 12.3. The lowest BCUT2D eigenvalue weighted by atomic mass is 10.1. The van der Waals surface area contributed by atoms with E-state index in [9.17, 15) is 4.79 Å². The van der Waals surface area contributed by atoms with Crippen molar-refractivity contribution in [1.82, 2.24) is 15.0 Å². The summed E-state index contributed by atoms with van der Waals surface area (Å²) in [6.45, 7) is 1.85. The van der Waals surface area contributed by atoms with E-state index < -0.39 is 0 Å². The first-order chi connectivity index (χ1) is 13.6.